The largest absolute Gasteiger partial charge is 0.335 e. The number of thioether (sulfide) groups is 1. The number of nitrogens with two attached hydrogens (primary N) is 1. The molecule has 0 aliphatic carbocycles. The van der Waals surface area contributed by atoms with Gasteiger partial charge in [0.05, 0.1) is 10.8 Å². The lowest BCUT2D eigenvalue weighted by molar-refractivity contribution is -0.116. The summed E-state index contributed by atoms with van der Waals surface area (Å²) >= 11 is 13.5. The fourth-order valence-electron chi connectivity index (χ4n) is 3.37. The monoisotopic (exact) mass is 433 g/mol. The Kier molecular flexibility index (Phi) is 5.23. The van der Waals surface area contributed by atoms with Crippen LogP contribution in [0.25, 0.3) is 11.4 Å². The van der Waals surface area contributed by atoms with E-state index in [9.17, 15) is 4.79 Å². The average molecular weight is 434 g/mol. The van der Waals surface area contributed by atoms with Gasteiger partial charge in [-0.25, -0.2) is 4.68 Å². The van der Waals surface area contributed by atoms with E-state index < -0.39 is 0 Å². The van der Waals surface area contributed by atoms with Crippen LogP contribution >= 0.6 is 35.0 Å². The first-order chi connectivity index (χ1) is 13.5. The molecule has 0 bridgehead atoms. The summed E-state index contributed by atoms with van der Waals surface area (Å²) in [5.41, 5.74) is 2.75. The van der Waals surface area contributed by atoms with Gasteiger partial charge in [-0.05, 0) is 43.2 Å². The van der Waals surface area contributed by atoms with Crippen molar-refractivity contribution in [1.29, 1.82) is 0 Å². The second kappa shape index (κ2) is 7.66. The normalized spacial score (nSPS) is 15.7. The van der Waals surface area contributed by atoms with Crippen LogP contribution in [0.2, 0.25) is 10.0 Å². The van der Waals surface area contributed by atoms with E-state index in [4.69, 9.17) is 29.0 Å². The molecular weight excluding hydrogens is 417 g/mol. The molecule has 0 saturated heterocycles. The first-order valence-corrected chi connectivity index (χ1v) is 10.4. The van der Waals surface area contributed by atoms with Gasteiger partial charge in [0.2, 0.25) is 11.1 Å². The fourth-order valence-corrected chi connectivity index (χ4v) is 4.46. The third-order valence-electron chi connectivity index (χ3n) is 4.63. The lowest BCUT2D eigenvalue weighted by atomic mass is 10.1. The van der Waals surface area contributed by atoms with Crippen molar-refractivity contribution in [2.45, 2.75) is 24.5 Å². The molecule has 1 aromatic heterocycles. The summed E-state index contributed by atoms with van der Waals surface area (Å²) in [6, 6.07) is 13.2. The smallest absolute Gasteiger partial charge is 0.237 e. The van der Waals surface area contributed by atoms with Crippen LogP contribution in [-0.2, 0) is 11.2 Å². The minimum absolute atomic E-state index is 0.00721. The molecule has 9 heteroatoms. The summed E-state index contributed by atoms with van der Waals surface area (Å²) in [7, 11) is 0. The van der Waals surface area contributed by atoms with E-state index in [-0.39, 0.29) is 17.7 Å². The summed E-state index contributed by atoms with van der Waals surface area (Å²) in [6.45, 7) is 2.05. The zero-order valence-corrected chi connectivity index (χ0v) is 17.3. The van der Waals surface area contributed by atoms with Crippen molar-refractivity contribution in [2.75, 3.05) is 16.5 Å². The summed E-state index contributed by atoms with van der Waals surface area (Å²) in [5.74, 6) is 6.75. The predicted molar refractivity (Wildman–Crippen MR) is 113 cm³/mol. The highest BCUT2D eigenvalue weighted by Crippen LogP contribution is 2.33. The average Bonchev–Trinajstić information content (AvgIpc) is 3.20. The lowest BCUT2D eigenvalue weighted by Gasteiger charge is -2.22. The topological polar surface area (TPSA) is 77.0 Å². The summed E-state index contributed by atoms with van der Waals surface area (Å²) < 4.78 is 1.33. The number of hydrogen-bond donors (Lipinski definition) is 1. The van der Waals surface area contributed by atoms with E-state index in [1.165, 1.54) is 22.0 Å². The molecule has 3 aromatic rings. The maximum Gasteiger partial charge on any atom is 0.237 e. The van der Waals surface area contributed by atoms with Crippen molar-refractivity contribution in [3.8, 4) is 11.4 Å². The molecule has 2 N–H and O–H groups in total. The van der Waals surface area contributed by atoms with E-state index in [1.807, 2.05) is 30.0 Å². The van der Waals surface area contributed by atoms with Crippen molar-refractivity contribution in [2.24, 2.45) is 0 Å². The SMILES string of the molecule is CC1Cc2ccccc2N1C(=O)CSc1nnc(-c2cc(Cl)ccc2Cl)n1N. The number of hydrogen-bond acceptors (Lipinski definition) is 5. The molecule has 28 heavy (non-hydrogen) atoms. The number of anilines is 1. The van der Waals surface area contributed by atoms with Crippen LogP contribution in [0, 0.1) is 0 Å². The molecule has 144 valence electrons. The number of nitrogens with zero attached hydrogens (tertiary/aromatic N) is 4. The molecule has 0 radical (unpaired) electrons. The summed E-state index contributed by atoms with van der Waals surface area (Å²) in [6.07, 6.45) is 0.858. The number of carbonyl (C=O) groups excluding carboxylic acids is 1. The van der Waals surface area contributed by atoms with Gasteiger partial charge >= 0.3 is 0 Å². The molecule has 0 saturated carbocycles. The highest BCUT2D eigenvalue weighted by atomic mass is 35.5. The number of fused-ring (bicyclic) bond motifs is 1. The minimum Gasteiger partial charge on any atom is -0.335 e. The van der Waals surface area contributed by atoms with Gasteiger partial charge in [0.25, 0.3) is 0 Å². The highest BCUT2D eigenvalue weighted by Gasteiger charge is 2.30. The molecule has 0 fully saturated rings. The van der Waals surface area contributed by atoms with Gasteiger partial charge in [-0.2, -0.15) is 0 Å². The molecule has 1 aliphatic rings. The standard InChI is InChI=1S/C19H17Cl2N5OS/c1-11-8-12-4-2-3-5-16(12)25(11)17(27)10-28-19-24-23-18(26(19)22)14-9-13(20)6-7-15(14)21/h2-7,9,11H,8,10,22H2,1H3. The predicted octanol–water partition coefficient (Wildman–Crippen LogP) is 4.04. The number of halogens is 2. The Morgan fingerprint density at radius 3 is 2.86 bits per heavy atom. The van der Waals surface area contributed by atoms with E-state index >= 15 is 0 Å². The molecule has 1 unspecified atom stereocenters. The van der Waals surface area contributed by atoms with Gasteiger partial charge in [-0.15, -0.1) is 10.2 Å². The fraction of sp³-hybridized carbons (Fsp3) is 0.211. The molecule has 2 aromatic carbocycles. The molecular formula is C19H17Cl2N5OS. The van der Waals surface area contributed by atoms with Gasteiger partial charge in [0.15, 0.2) is 5.82 Å². The summed E-state index contributed by atoms with van der Waals surface area (Å²) in [5, 5.41) is 9.64. The quantitative estimate of drug-likeness (QED) is 0.496. The van der Waals surface area contributed by atoms with Gasteiger partial charge < -0.3 is 10.7 Å². The number of carbonyl (C=O) groups is 1. The first-order valence-electron chi connectivity index (χ1n) is 8.64. The highest BCUT2D eigenvalue weighted by molar-refractivity contribution is 7.99. The molecule has 1 atom stereocenters. The van der Waals surface area contributed by atoms with Gasteiger partial charge in [0.1, 0.15) is 0 Å². The summed E-state index contributed by atoms with van der Waals surface area (Å²) in [4.78, 5) is 14.7. The van der Waals surface area contributed by atoms with E-state index in [1.54, 1.807) is 18.2 Å². The first kappa shape index (κ1) is 19.1. The second-order valence-electron chi connectivity index (χ2n) is 6.53. The van der Waals surface area contributed by atoms with Gasteiger partial charge in [-0.1, -0.05) is 53.2 Å². The van der Waals surface area contributed by atoms with E-state index in [2.05, 4.69) is 16.3 Å². The number of para-hydroxylation sites is 1. The van der Waals surface area contributed by atoms with Crippen LogP contribution in [-0.4, -0.2) is 32.6 Å². The van der Waals surface area contributed by atoms with Crippen molar-refractivity contribution < 1.29 is 4.79 Å². The van der Waals surface area contributed by atoms with Crippen LogP contribution in [0.3, 0.4) is 0 Å². The third-order valence-corrected chi connectivity index (χ3v) is 6.13. The van der Waals surface area contributed by atoms with Gasteiger partial charge in [0, 0.05) is 22.3 Å². The van der Waals surface area contributed by atoms with Crippen LogP contribution in [0.1, 0.15) is 12.5 Å². The Bertz CT molecular complexity index is 1050. The Hall–Kier alpha value is -2.22. The number of rotatable bonds is 4. The number of aromatic nitrogens is 3. The second-order valence-corrected chi connectivity index (χ2v) is 8.32. The van der Waals surface area contributed by atoms with Gasteiger partial charge in [-0.3, -0.25) is 4.79 Å². The Morgan fingerprint density at radius 1 is 1.25 bits per heavy atom. The molecule has 6 nitrogen and oxygen atoms in total. The Balaban J connectivity index is 1.51. The van der Waals surface area contributed by atoms with E-state index in [0.717, 1.165) is 12.1 Å². The molecule has 4 rings (SSSR count). The maximum atomic E-state index is 12.8. The molecule has 1 aliphatic heterocycles. The number of nitrogen functional groups attached to an aromatic ring is 1. The zero-order valence-electron chi connectivity index (χ0n) is 15.0. The van der Waals surface area contributed by atoms with Crippen LogP contribution < -0.4 is 10.7 Å². The Morgan fingerprint density at radius 2 is 2.04 bits per heavy atom. The molecule has 1 amide bonds. The van der Waals surface area contributed by atoms with Crippen molar-refractivity contribution in [1.82, 2.24) is 14.9 Å². The molecule has 2 heterocycles. The third kappa shape index (κ3) is 3.45. The lowest BCUT2D eigenvalue weighted by Crippen LogP contribution is -2.37. The van der Waals surface area contributed by atoms with Crippen LogP contribution in [0.4, 0.5) is 5.69 Å². The van der Waals surface area contributed by atoms with Crippen LogP contribution in [0.15, 0.2) is 47.6 Å². The zero-order chi connectivity index (χ0) is 19.8. The van der Waals surface area contributed by atoms with Crippen LogP contribution in [0.5, 0.6) is 0 Å². The van der Waals surface area contributed by atoms with Crippen molar-refractivity contribution in [3.05, 3.63) is 58.1 Å². The molecule has 0 spiro atoms. The maximum absolute atomic E-state index is 12.8. The van der Waals surface area contributed by atoms with E-state index in [0.29, 0.717) is 26.6 Å². The van der Waals surface area contributed by atoms with Crippen molar-refractivity contribution in [3.63, 3.8) is 0 Å². The number of amides is 1. The minimum atomic E-state index is 0.00721. The van der Waals surface area contributed by atoms with Crippen molar-refractivity contribution >= 4 is 46.6 Å². The number of benzene rings is 2. The Labute approximate surface area is 176 Å².